The van der Waals surface area contributed by atoms with Crippen LogP contribution in [0.5, 0.6) is 0 Å². The topological polar surface area (TPSA) is 97.1 Å². The molecule has 1 aromatic carbocycles. The maximum absolute atomic E-state index is 12.9. The van der Waals surface area contributed by atoms with E-state index in [9.17, 15) is 14.0 Å². The van der Waals surface area contributed by atoms with Crippen LogP contribution in [0.3, 0.4) is 0 Å². The van der Waals surface area contributed by atoms with E-state index in [0.29, 0.717) is 28.3 Å². The van der Waals surface area contributed by atoms with Crippen LogP contribution in [-0.4, -0.2) is 22.0 Å². The van der Waals surface area contributed by atoms with E-state index in [-0.39, 0.29) is 5.56 Å². The Bertz CT molecular complexity index is 1010. The molecule has 2 heterocycles. The second-order valence-corrected chi connectivity index (χ2v) is 6.23. The summed E-state index contributed by atoms with van der Waals surface area (Å²) in [5.74, 6) is -1.17. The number of amides is 2. The lowest BCUT2D eigenvalue weighted by atomic mass is 10.1. The van der Waals surface area contributed by atoms with Crippen molar-refractivity contribution in [3.05, 3.63) is 58.7 Å². The van der Waals surface area contributed by atoms with Gasteiger partial charge in [-0.2, -0.15) is 0 Å². The van der Waals surface area contributed by atoms with Crippen molar-refractivity contribution in [3.8, 4) is 0 Å². The van der Waals surface area contributed by atoms with Crippen molar-refractivity contribution in [1.82, 2.24) is 21.0 Å². The minimum atomic E-state index is -0.548. The zero-order valence-corrected chi connectivity index (χ0v) is 13.9. The van der Waals surface area contributed by atoms with E-state index in [1.807, 2.05) is 0 Å². The molecule has 0 unspecified atom stereocenters. The molecule has 4 rings (SSSR count). The monoisotopic (exact) mass is 354 g/mol. The molecule has 1 saturated carbocycles. The maximum atomic E-state index is 12.9. The molecule has 26 heavy (non-hydrogen) atoms. The number of halogens is 1. The van der Waals surface area contributed by atoms with Crippen molar-refractivity contribution in [2.75, 3.05) is 0 Å². The summed E-state index contributed by atoms with van der Waals surface area (Å²) in [5.41, 5.74) is 6.91. The number of hydrazine groups is 1. The number of nitrogens with one attached hydrogen (secondary N) is 2. The van der Waals surface area contributed by atoms with Crippen LogP contribution in [-0.2, 0) is 0 Å². The number of hydrogen-bond acceptors (Lipinski definition) is 5. The summed E-state index contributed by atoms with van der Waals surface area (Å²) >= 11 is 0. The molecule has 0 saturated heterocycles. The Labute approximate surface area is 147 Å². The predicted octanol–water partition coefficient (Wildman–Crippen LogP) is 2.62. The molecule has 2 amide bonds. The number of aryl methyl sites for hydroxylation is 1. The van der Waals surface area contributed by atoms with Gasteiger partial charge in [0.2, 0.25) is 0 Å². The summed E-state index contributed by atoms with van der Waals surface area (Å²) < 4.78 is 18.1. The van der Waals surface area contributed by atoms with Crippen LogP contribution in [0.1, 0.15) is 50.9 Å². The average Bonchev–Trinajstić information content (AvgIpc) is 3.43. The second-order valence-electron chi connectivity index (χ2n) is 6.23. The summed E-state index contributed by atoms with van der Waals surface area (Å²) in [7, 11) is 0. The fourth-order valence-corrected chi connectivity index (χ4v) is 2.74. The molecule has 1 aliphatic rings. The lowest BCUT2D eigenvalue weighted by Gasteiger charge is -2.09. The SMILES string of the molecule is Cc1noc2nc(C3CC3)cc(C(=O)NNC(=O)c3ccc(F)cc3)c12. The van der Waals surface area contributed by atoms with Gasteiger partial charge < -0.3 is 4.52 Å². The number of aromatic nitrogens is 2. The summed E-state index contributed by atoms with van der Waals surface area (Å²) in [5, 5.41) is 4.39. The van der Waals surface area contributed by atoms with E-state index in [2.05, 4.69) is 21.0 Å². The Morgan fingerprint density at radius 3 is 2.54 bits per heavy atom. The number of hydrogen-bond donors (Lipinski definition) is 2. The lowest BCUT2D eigenvalue weighted by molar-refractivity contribution is 0.0847. The van der Waals surface area contributed by atoms with Crippen LogP contribution < -0.4 is 10.9 Å². The number of rotatable bonds is 3. The Kier molecular flexibility index (Phi) is 3.87. The second kappa shape index (κ2) is 6.21. The van der Waals surface area contributed by atoms with Crippen LogP contribution in [0.4, 0.5) is 4.39 Å². The van der Waals surface area contributed by atoms with Gasteiger partial charge in [-0.25, -0.2) is 9.37 Å². The van der Waals surface area contributed by atoms with Crippen molar-refractivity contribution < 1.29 is 18.5 Å². The summed E-state index contributed by atoms with van der Waals surface area (Å²) in [4.78, 5) is 29.1. The molecular formula is C18H15FN4O3. The van der Waals surface area contributed by atoms with E-state index in [1.165, 1.54) is 24.3 Å². The average molecular weight is 354 g/mol. The van der Waals surface area contributed by atoms with Crippen LogP contribution >= 0.6 is 0 Å². The number of carbonyl (C=O) groups excluding carboxylic acids is 2. The van der Waals surface area contributed by atoms with Crippen molar-refractivity contribution in [2.45, 2.75) is 25.7 Å². The third-order valence-electron chi connectivity index (χ3n) is 4.27. The zero-order chi connectivity index (χ0) is 18.3. The third kappa shape index (κ3) is 3.01. The summed E-state index contributed by atoms with van der Waals surface area (Å²) in [6.07, 6.45) is 2.04. The molecule has 0 aliphatic heterocycles. The molecule has 8 heteroatoms. The van der Waals surface area contributed by atoms with Crippen LogP contribution in [0.2, 0.25) is 0 Å². The molecule has 0 atom stereocenters. The van der Waals surface area contributed by atoms with Crippen molar-refractivity contribution in [1.29, 1.82) is 0 Å². The van der Waals surface area contributed by atoms with Crippen molar-refractivity contribution in [3.63, 3.8) is 0 Å². The van der Waals surface area contributed by atoms with Gasteiger partial charge in [0.25, 0.3) is 17.5 Å². The quantitative estimate of drug-likeness (QED) is 0.705. The maximum Gasteiger partial charge on any atom is 0.270 e. The highest BCUT2D eigenvalue weighted by atomic mass is 19.1. The molecule has 0 bridgehead atoms. The van der Waals surface area contributed by atoms with E-state index in [4.69, 9.17) is 4.52 Å². The van der Waals surface area contributed by atoms with Crippen molar-refractivity contribution in [2.24, 2.45) is 0 Å². The Morgan fingerprint density at radius 2 is 1.85 bits per heavy atom. The Balaban J connectivity index is 1.56. The van der Waals surface area contributed by atoms with Gasteiger partial charge >= 0.3 is 0 Å². The van der Waals surface area contributed by atoms with Gasteiger partial charge in [-0.05, 0) is 50.1 Å². The molecule has 2 aromatic heterocycles. The molecule has 3 aromatic rings. The van der Waals surface area contributed by atoms with Crippen LogP contribution in [0, 0.1) is 12.7 Å². The van der Waals surface area contributed by atoms with Gasteiger partial charge in [-0.1, -0.05) is 5.16 Å². The number of fused-ring (bicyclic) bond motifs is 1. The highest BCUT2D eigenvalue weighted by Gasteiger charge is 2.28. The predicted molar refractivity (Wildman–Crippen MR) is 89.8 cm³/mol. The molecule has 2 N–H and O–H groups in total. The first-order valence-electron chi connectivity index (χ1n) is 8.16. The largest absolute Gasteiger partial charge is 0.336 e. The summed E-state index contributed by atoms with van der Waals surface area (Å²) in [6.45, 7) is 1.72. The van der Waals surface area contributed by atoms with Gasteiger partial charge in [0.05, 0.1) is 16.6 Å². The molecule has 7 nitrogen and oxygen atoms in total. The highest BCUT2D eigenvalue weighted by Crippen LogP contribution is 2.40. The van der Waals surface area contributed by atoms with Gasteiger partial charge in [0.15, 0.2) is 0 Å². The first kappa shape index (κ1) is 16.2. The molecule has 132 valence electrons. The standard InChI is InChI=1S/C18H15FN4O3/c1-9-15-13(8-14(10-2-3-10)20-18(15)26-23-9)17(25)22-21-16(24)11-4-6-12(19)7-5-11/h4-8,10H,2-3H2,1H3,(H,21,24)(H,22,25). The third-order valence-corrected chi connectivity index (χ3v) is 4.27. The fraction of sp³-hybridized carbons (Fsp3) is 0.222. The van der Waals surface area contributed by atoms with Gasteiger partial charge in [-0.3, -0.25) is 20.4 Å². The van der Waals surface area contributed by atoms with Crippen LogP contribution in [0.15, 0.2) is 34.9 Å². The number of benzene rings is 1. The lowest BCUT2D eigenvalue weighted by Crippen LogP contribution is -2.41. The van der Waals surface area contributed by atoms with E-state index in [0.717, 1.165) is 18.5 Å². The Hall–Kier alpha value is -3.29. The minimum Gasteiger partial charge on any atom is -0.336 e. The smallest absolute Gasteiger partial charge is 0.270 e. The Morgan fingerprint density at radius 1 is 1.15 bits per heavy atom. The number of nitrogens with zero attached hydrogens (tertiary/aromatic N) is 2. The minimum absolute atomic E-state index is 0.228. The van der Waals surface area contributed by atoms with E-state index >= 15 is 0 Å². The van der Waals surface area contributed by atoms with Gasteiger partial charge in [-0.15, -0.1) is 0 Å². The van der Waals surface area contributed by atoms with Crippen molar-refractivity contribution >= 4 is 22.9 Å². The zero-order valence-electron chi connectivity index (χ0n) is 13.9. The molecule has 0 spiro atoms. The first-order chi connectivity index (χ1) is 12.5. The number of carbonyl (C=O) groups is 2. The van der Waals surface area contributed by atoms with Crippen LogP contribution in [0.25, 0.3) is 11.1 Å². The highest BCUT2D eigenvalue weighted by molar-refractivity contribution is 6.07. The van der Waals surface area contributed by atoms with E-state index in [1.54, 1.807) is 13.0 Å². The van der Waals surface area contributed by atoms with Gasteiger partial charge in [0.1, 0.15) is 5.82 Å². The molecule has 0 radical (unpaired) electrons. The first-order valence-corrected chi connectivity index (χ1v) is 8.16. The number of pyridine rings is 1. The molecular weight excluding hydrogens is 339 g/mol. The molecule has 1 aliphatic carbocycles. The summed E-state index contributed by atoms with van der Waals surface area (Å²) in [6, 6.07) is 6.72. The fourth-order valence-electron chi connectivity index (χ4n) is 2.74. The van der Waals surface area contributed by atoms with Gasteiger partial charge in [0, 0.05) is 17.2 Å². The normalized spacial score (nSPS) is 13.6. The molecule has 1 fully saturated rings. The van der Waals surface area contributed by atoms with E-state index < -0.39 is 17.6 Å².